The van der Waals surface area contributed by atoms with Gasteiger partial charge in [0.1, 0.15) is 5.75 Å². The SMILES string of the molecule is COc1ccc2ccc(CCCCN)nc2c1. The molecule has 3 nitrogen and oxygen atoms in total. The molecule has 0 spiro atoms. The van der Waals surface area contributed by atoms with Gasteiger partial charge in [0, 0.05) is 17.1 Å². The van der Waals surface area contributed by atoms with Crippen molar-refractivity contribution in [3.05, 3.63) is 36.0 Å². The molecule has 0 aliphatic heterocycles. The average Bonchev–Trinajstić information content (AvgIpc) is 2.38. The zero-order valence-electron chi connectivity index (χ0n) is 10.1. The van der Waals surface area contributed by atoms with Crippen molar-refractivity contribution in [2.45, 2.75) is 19.3 Å². The van der Waals surface area contributed by atoms with E-state index in [9.17, 15) is 0 Å². The van der Waals surface area contributed by atoms with Crippen molar-refractivity contribution in [3.8, 4) is 5.75 Å². The molecule has 0 amide bonds. The first kappa shape index (κ1) is 11.9. The number of benzene rings is 1. The minimum atomic E-state index is 0.751. The summed E-state index contributed by atoms with van der Waals surface area (Å²) in [7, 11) is 1.67. The number of nitrogens with two attached hydrogens (primary N) is 1. The number of aromatic nitrogens is 1. The highest BCUT2D eigenvalue weighted by molar-refractivity contribution is 5.80. The predicted octanol–water partition coefficient (Wildman–Crippen LogP) is 2.52. The molecule has 1 heterocycles. The predicted molar refractivity (Wildman–Crippen MR) is 70.3 cm³/mol. The summed E-state index contributed by atoms with van der Waals surface area (Å²) < 4.78 is 5.20. The summed E-state index contributed by atoms with van der Waals surface area (Å²) in [4.78, 5) is 4.63. The lowest BCUT2D eigenvalue weighted by Crippen LogP contribution is -1.99. The second-order valence-electron chi connectivity index (χ2n) is 4.11. The van der Waals surface area contributed by atoms with Crippen molar-refractivity contribution in [1.29, 1.82) is 0 Å². The van der Waals surface area contributed by atoms with Crippen molar-refractivity contribution >= 4 is 10.9 Å². The molecule has 0 atom stereocenters. The van der Waals surface area contributed by atoms with Gasteiger partial charge in [0.25, 0.3) is 0 Å². The number of aryl methyl sites for hydroxylation is 1. The number of unbranched alkanes of at least 4 members (excludes halogenated alkanes) is 1. The zero-order valence-corrected chi connectivity index (χ0v) is 10.1. The Morgan fingerprint density at radius 3 is 2.76 bits per heavy atom. The number of nitrogens with zero attached hydrogens (tertiary/aromatic N) is 1. The quantitative estimate of drug-likeness (QED) is 0.803. The fourth-order valence-electron chi connectivity index (χ4n) is 1.86. The molecule has 0 bridgehead atoms. The molecular formula is C14H18N2O. The van der Waals surface area contributed by atoms with Crippen LogP contribution >= 0.6 is 0 Å². The number of hydrogen-bond acceptors (Lipinski definition) is 3. The third-order valence-corrected chi connectivity index (χ3v) is 2.84. The lowest BCUT2D eigenvalue weighted by atomic mass is 10.1. The molecule has 2 N–H and O–H groups in total. The van der Waals surface area contributed by atoms with E-state index in [1.807, 2.05) is 18.2 Å². The maximum atomic E-state index is 5.48. The van der Waals surface area contributed by atoms with Gasteiger partial charge >= 0.3 is 0 Å². The average molecular weight is 230 g/mol. The van der Waals surface area contributed by atoms with Gasteiger partial charge in [0.05, 0.1) is 12.6 Å². The molecule has 17 heavy (non-hydrogen) atoms. The van der Waals surface area contributed by atoms with Gasteiger partial charge in [-0.1, -0.05) is 6.07 Å². The summed E-state index contributed by atoms with van der Waals surface area (Å²) in [6, 6.07) is 10.2. The molecular weight excluding hydrogens is 212 g/mol. The highest BCUT2D eigenvalue weighted by atomic mass is 16.5. The van der Waals surface area contributed by atoms with Crippen molar-refractivity contribution in [2.24, 2.45) is 5.73 Å². The van der Waals surface area contributed by atoms with Crippen molar-refractivity contribution in [3.63, 3.8) is 0 Å². The Labute approximate surface area is 102 Å². The lowest BCUT2D eigenvalue weighted by molar-refractivity contribution is 0.415. The van der Waals surface area contributed by atoms with Crippen molar-refractivity contribution < 1.29 is 4.74 Å². The normalized spacial score (nSPS) is 10.7. The first-order valence-corrected chi connectivity index (χ1v) is 5.97. The van der Waals surface area contributed by atoms with Crippen LogP contribution in [0, 0.1) is 0 Å². The first-order valence-electron chi connectivity index (χ1n) is 5.97. The number of pyridine rings is 1. The highest BCUT2D eigenvalue weighted by Crippen LogP contribution is 2.19. The lowest BCUT2D eigenvalue weighted by Gasteiger charge is -2.04. The van der Waals surface area contributed by atoms with E-state index >= 15 is 0 Å². The molecule has 0 aliphatic carbocycles. The van der Waals surface area contributed by atoms with Crippen LogP contribution in [0.5, 0.6) is 5.75 Å². The molecule has 0 saturated carbocycles. The van der Waals surface area contributed by atoms with Gasteiger partial charge in [-0.15, -0.1) is 0 Å². The smallest absolute Gasteiger partial charge is 0.121 e. The Bertz CT molecular complexity index is 497. The number of fused-ring (bicyclic) bond motifs is 1. The van der Waals surface area contributed by atoms with Crippen LogP contribution in [0.1, 0.15) is 18.5 Å². The fourth-order valence-corrected chi connectivity index (χ4v) is 1.86. The van der Waals surface area contributed by atoms with E-state index in [0.717, 1.165) is 48.2 Å². The summed E-state index contributed by atoms with van der Waals surface area (Å²) in [5, 5.41) is 1.15. The summed E-state index contributed by atoms with van der Waals surface area (Å²) in [5.74, 6) is 0.851. The topological polar surface area (TPSA) is 48.1 Å². The zero-order chi connectivity index (χ0) is 12.1. The Kier molecular flexibility index (Phi) is 3.94. The molecule has 1 aromatic carbocycles. The van der Waals surface area contributed by atoms with Crippen molar-refractivity contribution in [2.75, 3.05) is 13.7 Å². The molecule has 1 aromatic heterocycles. The van der Waals surface area contributed by atoms with Gasteiger partial charge in [-0.25, -0.2) is 0 Å². The van der Waals surface area contributed by atoms with E-state index in [-0.39, 0.29) is 0 Å². The van der Waals surface area contributed by atoms with E-state index in [1.165, 1.54) is 0 Å². The van der Waals surface area contributed by atoms with Crippen LogP contribution in [0.4, 0.5) is 0 Å². The minimum absolute atomic E-state index is 0.751. The molecule has 0 saturated heterocycles. The monoisotopic (exact) mass is 230 g/mol. The van der Waals surface area contributed by atoms with Crippen LogP contribution in [0.25, 0.3) is 10.9 Å². The van der Waals surface area contributed by atoms with Crippen LogP contribution < -0.4 is 10.5 Å². The van der Waals surface area contributed by atoms with Gasteiger partial charge in [-0.05, 0) is 44.0 Å². The maximum absolute atomic E-state index is 5.48. The van der Waals surface area contributed by atoms with Gasteiger partial charge in [-0.2, -0.15) is 0 Å². The van der Waals surface area contributed by atoms with E-state index < -0.39 is 0 Å². The van der Waals surface area contributed by atoms with Gasteiger partial charge in [0.15, 0.2) is 0 Å². The summed E-state index contributed by atoms with van der Waals surface area (Å²) >= 11 is 0. The van der Waals surface area contributed by atoms with Gasteiger partial charge in [0.2, 0.25) is 0 Å². The molecule has 0 aliphatic rings. The molecule has 2 aromatic rings. The van der Waals surface area contributed by atoms with E-state index in [0.29, 0.717) is 0 Å². The van der Waals surface area contributed by atoms with E-state index in [1.54, 1.807) is 7.11 Å². The van der Waals surface area contributed by atoms with Crippen LogP contribution in [0.3, 0.4) is 0 Å². The largest absolute Gasteiger partial charge is 0.497 e. The second kappa shape index (κ2) is 5.64. The molecule has 2 rings (SSSR count). The summed E-state index contributed by atoms with van der Waals surface area (Å²) in [6.45, 7) is 0.751. The minimum Gasteiger partial charge on any atom is -0.497 e. The number of hydrogen-bond donors (Lipinski definition) is 1. The number of methoxy groups -OCH3 is 1. The Hall–Kier alpha value is -1.61. The van der Waals surface area contributed by atoms with E-state index in [2.05, 4.69) is 17.1 Å². The van der Waals surface area contributed by atoms with Crippen LogP contribution in [-0.2, 0) is 6.42 Å². The second-order valence-corrected chi connectivity index (χ2v) is 4.11. The highest BCUT2D eigenvalue weighted by Gasteiger charge is 2.00. The Balaban J connectivity index is 2.22. The number of rotatable bonds is 5. The van der Waals surface area contributed by atoms with Crippen molar-refractivity contribution in [1.82, 2.24) is 4.98 Å². The fraction of sp³-hybridized carbons (Fsp3) is 0.357. The number of ether oxygens (including phenoxy) is 1. The van der Waals surface area contributed by atoms with E-state index in [4.69, 9.17) is 10.5 Å². The van der Waals surface area contributed by atoms with Gasteiger partial charge in [-0.3, -0.25) is 4.98 Å². The Morgan fingerprint density at radius 2 is 2.00 bits per heavy atom. The maximum Gasteiger partial charge on any atom is 0.121 e. The summed E-state index contributed by atoms with van der Waals surface area (Å²) in [6.07, 6.45) is 3.14. The standard InChI is InChI=1S/C14H18N2O/c1-17-13-8-6-11-5-7-12(4-2-3-9-15)16-14(11)10-13/h5-8,10H,2-4,9,15H2,1H3. The molecule has 3 heteroatoms. The third kappa shape index (κ3) is 2.94. The van der Waals surface area contributed by atoms with Crippen LogP contribution in [0.2, 0.25) is 0 Å². The Morgan fingerprint density at radius 1 is 1.18 bits per heavy atom. The molecule has 90 valence electrons. The van der Waals surface area contributed by atoms with Gasteiger partial charge < -0.3 is 10.5 Å². The van der Waals surface area contributed by atoms with Crippen LogP contribution in [0.15, 0.2) is 30.3 Å². The molecule has 0 radical (unpaired) electrons. The summed E-state index contributed by atoms with van der Waals surface area (Å²) in [5.41, 5.74) is 7.60. The third-order valence-electron chi connectivity index (χ3n) is 2.84. The van der Waals surface area contributed by atoms with Crippen LogP contribution in [-0.4, -0.2) is 18.6 Å². The first-order chi connectivity index (χ1) is 8.33. The molecule has 0 fully saturated rings. The molecule has 0 unspecified atom stereocenters.